The molecule has 0 aliphatic carbocycles. The first-order valence-corrected chi connectivity index (χ1v) is 6.49. The van der Waals surface area contributed by atoms with Crippen molar-refractivity contribution in [3.63, 3.8) is 0 Å². The third-order valence-electron chi connectivity index (χ3n) is 3.47. The van der Waals surface area contributed by atoms with Gasteiger partial charge >= 0.3 is 5.97 Å². The second-order valence-electron chi connectivity index (χ2n) is 5.08. The van der Waals surface area contributed by atoms with Crippen LogP contribution in [0.2, 0.25) is 0 Å². The van der Waals surface area contributed by atoms with Gasteiger partial charge in [0, 0.05) is 31.7 Å². The fourth-order valence-corrected chi connectivity index (χ4v) is 2.47. The smallest absolute Gasteiger partial charge is 0.308 e. The minimum atomic E-state index is -0.880. The van der Waals surface area contributed by atoms with Gasteiger partial charge in [-0.3, -0.25) is 14.3 Å². The number of nitrogens with zero attached hydrogens (tertiary/aromatic N) is 3. The molecule has 0 bridgehead atoms. The summed E-state index contributed by atoms with van der Waals surface area (Å²) in [7, 11) is 0. The number of aryl methyl sites for hydroxylation is 3. The summed E-state index contributed by atoms with van der Waals surface area (Å²) in [5.74, 6) is -1.48. The molecule has 104 valence electrons. The van der Waals surface area contributed by atoms with Gasteiger partial charge in [-0.1, -0.05) is 0 Å². The van der Waals surface area contributed by atoms with Crippen LogP contribution in [0, 0.1) is 19.8 Å². The lowest BCUT2D eigenvalue weighted by Crippen LogP contribution is -2.28. The summed E-state index contributed by atoms with van der Waals surface area (Å²) in [6, 6.07) is 2.02. The topological polar surface area (TPSA) is 75.4 Å². The van der Waals surface area contributed by atoms with Crippen molar-refractivity contribution >= 4 is 11.9 Å². The Morgan fingerprint density at radius 2 is 2.21 bits per heavy atom. The van der Waals surface area contributed by atoms with E-state index in [2.05, 4.69) is 5.10 Å². The number of likely N-dealkylation sites (tertiary alicyclic amines) is 1. The molecule has 1 amide bonds. The van der Waals surface area contributed by atoms with E-state index < -0.39 is 11.9 Å². The van der Waals surface area contributed by atoms with Crippen LogP contribution in [0.1, 0.15) is 24.2 Å². The Hall–Kier alpha value is -1.85. The Kier molecular flexibility index (Phi) is 3.87. The second-order valence-corrected chi connectivity index (χ2v) is 5.08. The van der Waals surface area contributed by atoms with Gasteiger partial charge in [0.1, 0.15) is 0 Å². The number of carbonyl (C=O) groups excluding carboxylic acids is 1. The maximum atomic E-state index is 11.6. The van der Waals surface area contributed by atoms with Crippen molar-refractivity contribution in [2.24, 2.45) is 5.92 Å². The molecule has 0 aromatic carbocycles. The number of rotatable bonds is 5. The summed E-state index contributed by atoms with van der Waals surface area (Å²) >= 11 is 0. The Bertz CT molecular complexity index is 495. The molecule has 6 nitrogen and oxygen atoms in total. The molecule has 2 heterocycles. The fraction of sp³-hybridized carbons (Fsp3) is 0.615. The van der Waals surface area contributed by atoms with E-state index in [1.165, 1.54) is 0 Å². The van der Waals surface area contributed by atoms with Crippen LogP contribution in [0.15, 0.2) is 6.07 Å². The number of aromatic nitrogens is 2. The quantitative estimate of drug-likeness (QED) is 0.855. The average Bonchev–Trinajstić information content (AvgIpc) is 2.83. The van der Waals surface area contributed by atoms with Crippen LogP contribution < -0.4 is 0 Å². The number of aliphatic carboxylic acids is 1. The lowest BCUT2D eigenvalue weighted by Gasteiger charge is -2.16. The molecule has 0 spiro atoms. The lowest BCUT2D eigenvalue weighted by molar-refractivity contribution is -0.141. The zero-order chi connectivity index (χ0) is 14.0. The molecule has 6 heteroatoms. The first-order chi connectivity index (χ1) is 8.97. The van der Waals surface area contributed by atoms with Crippen molar-refractivity contribution in [3.05, 3.63) is 17.5 Å². The van der Waals surface area contributed by atoms with Crippen LogP contribution in [-0.4, -0.2) is 44.8 Å². The zero-order valence-corrected chi connectivity index (χ0v) is 11.3. The van der Waals surface area contributed by atoms with Crippen LogP contribution in [0.4, 0.5) is 0 Å². The lowest BCUT2D eigenvalue weighted by atomic mass is 10.1. The van der Waals surface area contributed by atoms with Gasteiger partial charge in [0.05, 0.1) is 11.6 Å². The molecule has 0 radical (unpaired) electrons. The van der Waals surface area contributed by atoms with Crippen molar-refractivity contribution in [1.29, 1.82) is 0 Å². The monoisotopic (exact) mass is 265 g/mol. The van der Waals surface area contributed by atoms with E-state index in [-0.39, 0.29) is 12.3 Å². The summed E-state index contributed by atoms with van der Waals surface area (Å²) in [6.07, 6.45) is 0.926. The van der Waals surface area contributed by atoms with Crippen molar-refractivity contribution in [1.82, 2.24) is 14.7 Å². The molecule has 0 saturated carbocycles. The van der Waals surface area contributed by atoms with Gasteiger partial charge in [-0.2, -0.15) is 5.10 Å². The van der Waals surface area contributed by atoms with Crippen LogP contribution in [0.3, 0.4) is 0 Å². The van der Waals surface area contributed by atoms with Gasteiger partial charge in [0.25, 0.3) is 0 Å². The maximum absolute atomic E-state index is 11.6. The molecule has 2 rings (SSSR count). The molecule has 1 aliphatic heterocycles. The molecule has 1 N–H and O–H groups in total. The Balaban J connectivity index is 1.82. The van der Waals surface area contributed by atoms with Gasteiger partial charge in [0.15, 0.2) is 0 Å². The molecule has 1 saturated heterocycles. The Morgan fingerprint density at radius 3 is 2.74 bits per heavy atom. The van der Waals surface area contributed by atoms with Crippen molar-refractivity contribution in [3.8, 4) is 0 Å². The normalized spacial score (nSPS) is 19.2. The minimum absolute atomic E-state index is 0.0548. The van der Waals surface area contributed by atoms with E-state index in [0.29, 0.717) is 13.1 Å². The van der Waals surface area contributed by atoms with E-state index >= 15 is 0 Å². The number of hydrogen-bond acceptors (Lipinski definition) is 3. The number of amides is 1. The molecule has 1 atom stereocenters. The number of carboxylic acid groups (broad SMARTS) is 1. The molecular weight excluding hydrogens is 246 g/mol. The van der Waals surface area contributed by atoms with Gasteiger partial charge in [-0.05, 0) is 26.3 Å². The SMILES string of the molecule is Cc1cc(C)n(CCCN2CC(C(=O)O)CC2=O)n1. The van der Waals surface area contributed by atoms with Gasteiger partial charge < -0.3 is 10.0 Å². The molecule has 19 heavy (non-hydrogen) atoms. The number of carboxylic acids is 1. The minimum Gasteiger partial charge on any atom is -0.481 e. The molecule has 1 aliphatic rings. The van der Waals surface area contributed by atoms with Crippen LogP contribution in [0.5, 0.6) is 0 Å². The second kappa shape index (κ2) is 5.42. The first kappa shape index (κ1) is 13.6. The van der Waals surface area contributed by atoms with Gasteiger partial charge in [-0.15, -0.1) is 0 Å². The van der Waals surface area contributed by atoms with E-state index in [9.17, 15) is 9.59 Å². The Labute approximate surface area is 112 Å². The standard InChI is InChI=1S/C13H19N3O3/c1-9-6-10(2)16(14-9)5-3-4-15-8-11(13(18)19)7-12(15)17/h6,11H,3-5,7-8H2,1-2H3,(H,18,19). The zero-order valence-electron chi connectivity index (χ0n) is 11.3. The van der Waals surface area contributed by atoms with Crippen LogP contribution >= 0.6 is 0 Å². The van der Waals surface area contributed by atoms with Crippen molar-refractivity contribution in [2.75, 3.05) is 13.1 Å². The fourth-order valence-electron chi connectivity index (χ4n) is 2.47. The van der Waals surface area contributed by atoms with Crippen LogP contribution in [-0.2, 0) is 16.1 Å². The summed E-state index contributed by atoms with van der Waals surface area (Å²) in [5, 5.41) is 13.3. The third-order valence-corrected chi connectivity index (χ3v) is 3.47. The number of carbonyl (C=O) groups is 2. The van der Waals surface area contributed by atoms with Crippen molar-refractivity contribution in [2.45, 2.75) is 33.2 Å². The largest absolute Gasteiger partial charge is 0.481 e. The molecule has 1 fully saturated rings. The van der Waals surface area contributed by atoms with E-state index in [1.807, 2.05) is 24.6 Å². The van der Waals surface area contributed by atoms with E-state index in [0.717, 1.165) is 24.4 Å². The van der Waals surface area contributed by atoms with E-state index in [4.69, 9.17) is 5.11 Å². The summed E-state index contributed by atoms with van der Waals surface area (Å²) in [5.41, 5.74) is 2.09. The first-order valence-electron chi connectivity index (χ1n) is 6.49. The average molecular weight is 265 g/mol. The van der Waals surface area contributed by atoms with Gasteiger partial charge in [-0.25, -0.2) is 0 Å². The van der Waals surface area contributed by atoms with Gasteiger partial charge in [0.2, 0.25) is 5.91 Å². The molecular formula is C13H19N3O3. The summed E-state index contributed by atoms with van der Waals surface area (Å²) < 4.78 is 1.92. The number of hydrogen-bond donors (Lipinski definition) is 1. The van der Waals surface area contributed by atoms with Crippen molar-refractivity contribution < 1.29 is 14.7 Å². The third kappa shape index (κ3) is 3.13. The predicted octanol–water partition coefficient (Wildman–Crippen LogP) is 0.823. The highest BCUT2D eigenvalue weighted by molar-refractivity contribution is 5.86. The highest BCUT2D eigenvalue weighted by Gasteiger charge is 2.33. The molecule has 1 aromatic rings. The highest BCUT2D eigenvalue weighted by atomic mass is 16.4. The summed E-state index contributed by atoms with van der Waals surface area (Å²) in [6.45, 7) is 5.64. The highest BCUT2D eigenvalue weighted by Crippen LogP contribution is 2.18. The maximum Gasteiger partial charge on any atom is 0.308 e. The Morgan fingerprint density at radius 1 is 1.47 bits per heavy atom. The predicted molar refractivity (Wildman–Crippen MR) is 68.6 cm³/mol. The van der Waals surface area contributed by atoms with Crippen LogP contribution in [0.25, 0.3) is 0 Å². The summed E-state index contributed by atoms with van der Waals surface area (Å²) in [4.78, 5) is 24.1. The molecule has 1 unspecified atom stereocenters. The van der Waals surface area contributed by atoms with E-state index in [1.54, 1.807) is 4.90 Å². The molecule has 1 aromatic heterocycles.